The smallest absolute Gasteiger partial charge is 0.291 e. The van der Waals surface area contributed by atoms with Crippen LogP contribution in [0.3, 0.4) is 0 Å². The van der Waals surface area contributed by atoms with Crippen LogP contribution in [0.5, 0.6) is 0 Å². The molecule has 0 aliphatic carbocycles. The number of nitrogens with one attached hydrogen (secondary N) is 2. The van der Waals surface area contributed by atoms with Crippen molar-refractivity contribution in [2.45, 2.75) is 12.0 Å². The van der Waals surface area contributed by atoms with Gasteiger partial charge in [0.15, 0.2) is 5.76 Å². The Morgan fingerprint density at radius 1 is 1.50 bits per heavy atom. The number of hydrogen-bond donors (Lipinski definition) is 3. The van der Waals surface area contributed by atoms with Gasteiger partial charge in [0.05, 0.1) is 17.6 Å². The Morgan fingerprint density at radius 3 is 2.72 bits per heavy atom. The maximum absolute atomic E-state index is 11.7. The van der Waals surface area contributed by atoms with Gasteiger partial charge in [-0.3, -0.25) is 9.89 Å². The maximum atomic E-state index is 11.7. The van der Waals surface area contributed by atoms with E-state index in [1.54, 1.807) is 6.92 Å². The molecule has 0 bridgehead atoms. The van der Waals surface area contributed by atoms with Gasteiger partial charge in [0, 0.05) is 0 Å². The van der Waals surface area contributed by atoms with Crippen LogP contribution in [0, 0.1) is 6.92 Å². The van der Waals surface area contributed by atoms with Crippen LogP contribution in [-0.4, -0.2) is 24.5 Å². The Hall–Kier alpha value is -2.13. The van der Waals surface area contributed by atoms with Crippen molar-refractivity contribution in [1.82, 2.24) is 10.2 Å². The van der Waals surface area contributed by atoms with E-state index in [-0.39, 0.29) is 5.76 Å². The minimum atomic E-state index is -3.95. The molecule has 0 aliphatic heterocycles. The van der Waals surface area contributed by atoms with Gasteiger partial charge in [-0.05, 0) is 19.1 Å². The minimum Gasteiger partial charge on any atom is -0.438 e. The molecule has 2 aromatic rings. The molecule has 96 valence electrons. The van der Waals surface area contributed by atoms with E-state index in [2.05, 4.69) is 15.5 Å². The van der Waals surface area contributed by atoms with Gasteiger partial charge < -0.3 is 9.73 Å². The van der Waals surface area contributed by atoms with Crippen LogP contribution in [0.15, 0.2) is 27.8 Å². The summed E-state index contributed by atoms with van der Waals surface area (Å²) in [5, 5.41) is 13.3. The predicted octanol–water partition coefficient (Wildman–Crippen LogP) is 0.211. The van der Waals surface area contributed by atoms with Crippen molar-refractivity contribution in [3.05, 3.63) is 29.8 Å². The predicted molar refractivity (Wildman–Crippen MR) is 61.4 cm³/mol. The van der Waals surface area contributed by atoms with E-state index in [0.29, 0.717) is 11.4 Å². The molecule has 8 nitrogen and oxygen atoms in total. The first kappa shape index (κ1) is 12.3. The summed E-state index contributed by atoms with van der Waals surface area (Å²) in [5.74, 6) is -0.742. The lowest BCUT2D eigenvalue weighted by Crippen LogP contribution is -2.12. The summed E-state index contributed by atoms with van der Waals surface area (Å²) in [7, 11) is -3.95. The second-order valence-corrected chi connectivity index (χ2v) is 5.02. The molecule has 4 N–H and O–H groups in total. The van der Waals surface area contributed by atoms with E-state index >= 15 is 0 Å². The molecular formula is C9H10N4O4S. The lowest BCUT2D eigenvalue weighted by Gasteiger charge is -2.00. The van der Waals surface area contributed by atoms with Crippen LogP contribution in [0.2, 0.25) is 0 Å². The lowest BCUT2D eigenvalue weighted by molar-refractivity contribution is 0.0991. The van der Waals surface area contributed by atoms with Gasteiger partial charge in [-0.15, -0.1) is 0 Å². The number of primary sulfonamides is 1. The zero-order valence-electron chi connectivity index (χ0n) is 9.30. The third kappa shape index (κ3) is 2.41. The van der Waals surface area contributed by atoms with Gasteiger partial charge in [-0.25, -0.2) is 13.6 Å². The Bertz CT molecular complexity index is 685. The lowest BCUT2D eigenvalue weighted by atomic mass is 10.3. The number of hydrogen-bond acceptors (Lipinski definition) is 5. The number of amides is 1. The molecule has 18 heavy (non-hydrogen) atoms. The average molecular weight is 270 g/mol. The number of carbonyl (C=O) groups excluding carboxylic acids is 1. The van der Waals surface area contributed by atoms with Crippen molar-refractivity contribution in [3.63, 3.8) is 0 Å². The number of carbonyl (C=O) groups is 1. The van der Waals surface area contributed by atoms with Gasteiger partial charge >= 0.3 is 0 Å². The first-order valence-electron chi connectivity index (χ1n) is 4.82. The number of nitrogens with two attached hydrogens (primary N) is 1. The Balaban J connectivity index is 2.20. The van der Waals surface area contributed by atoms with E-state index in [1.165, 1.54) is 12.3 Å². The molecule has 0 aliphatic rings. The third-order valence-electron chi connectivity index (χ3n) is 2.16. The van der Waals surface area contributed by atoms with Gasteiger partial charge in [0.1, 0.15) is 0 Å². The number of sulfonamides is 1. The fraction of sp³-hybridized carbons (Fsp3) is 0.111. The highest BCUT2D eigenvalue weighted by atomic mass is 32.2. The SMILES string of the molecule is Cc1[nH]ncc1NC(=O)c1ccc(S(N)(=O)=O)o1. The molecule has 1 amide bonds. The maximum Gasteiger partial charge on any atom is 0.291 e. The summed E-state index contributed by atoms with van der Waals surface area (Å²) < 4.78 is 26.8. The van der Waals surface area contributed by atoms with Crippen molar-refractivity contribution < 1.29 is 17.6 Å². The van der Waals surface area contributed by atoms with E-state index in [1.807, 2.05) is 0 Å². The number of aryl methyl sites for hydroxylation is 1. The molecule has 0 unspecified atom stereocenters. The zero-order valence-corrected chi connectivity index (χ0v) is 10.1. The Morgan fingerprint density at radius 2 is 2.22 bits per heavy atom. The molecule has 0 aromatic carbocycles. The molecule has 2 heterocycles. The fourth-order valence-corrected chi connectivity index (χ4v) is 1.72. The van der Waals surface area contributed by atoms with Gasteiger partial charge in [0.25, 0.3) is 15.9 Å². The van der Waals surface area contributed by atoms with Crippen molar-refractivity contribution in [3.8, 4) is 0 Å². The number of rotatable bonds is 3. The molecule has 2 rings (SSSR count). The summed E-state index contributed by atoms with van der Waals surface area (Å²) in [6.07, 6.45) is 1.43. The molecule has 0 saturated heterocycles. The largest absolute Gasteiger partial charge is 0.438 e. The Kier molecular flexibility index (Phi) is 2.93. The van der Waals surface area contributed by atoms with Crippen molar-refractivity contribution in [1.29, 1.82) is 0 Å². The van der Waals surface area contributed by atoms with E-state index in [4.69, 9.17) is 9.56 Å². The molecular weight excluding hydrogens is 260 g/mol. The highest BCUT2D eigenvalue weighted by Gasteiger charge is 2.18. The third-order valence-corrected chi connectivity index (χ3v) is 2.94. The molecule has 0 saturated carbocycles. The molecule has 0 fully saturated rings. The quantitative estimate of drug-likeness (QED) is 0.733. The van der Waals surface area contributed by atoms with Gasteiger partial charge in [0.2, 0.25) is 5.09 Å². The summed E-state index contributed by atoms with van der Waals surface area (Å²) in [6, 6.07) is 2.34. The molecule has 0 atom stereocenters. The number of aromatic amines is 1. The summed E-state index contributed by atoms with van der Waals surface area (Å²) >= 11 is 0. The second-order valence-electron chi connectivity index (χ2n) is 3.53. The van der Waals surface area contributed by atoms with Gasteiger partial charge in [-0.1, -0.05) is 0 Å². The highest BCUT2D eigenvalue weighted by Crippen LogP contribution is 2.15. The zero-order chi connectivity index (χ0) is 13.3. The number of aromatic nitrogens is 2. The summed E-state index contributed by atoms with van der Waals surface area (Å²) in [6.45, 7) is 1.72. The number of furan rings is 1. The normalized spacial score (nSPS) is 11.4. The first-order chi connectivity index (χ1) is 8.38. The number of anilines is 1. The number of nitrogens with zero attached hydrogens (tertiary/aromatic N) is 1. The fourth-order valence-electron chi connectivity index (χ4n) is 1.26. The van der Waals surface area contributed by atoms with Crippen LogP contribution in [-0.2, 0) is 10.0 Å². The second kappa shape index (κ2) is 4.27. The van der Waals surface area contributed by atoms with Crippen LogP contribution in [0.1, 0.15) is 16.2 Å². The van der Waals surface area contributed by atoms with Crippen LogP contribution in [0.4, 0.5) is 5.69 Å². The first-order valence-corrected chi connectivity index (χ1v) is 6.36. The minimum absolute atomic E-state index is 0.153. The van der Waals surface area contributed by atoms with E-state index in [9.17, 15) is 13.2 Å². The topological polar surface area (TPSA) is 131 Å². The number of H-pyrrole nitrogens is 1. The summed E-state index contributed by atoms with van der Waals surface area (Å²) in [4.78, 5) is 11.7. The monoisotopic (exact) mass is 270 g/mol. The van der Waals surface area contributed by atoms with Crippen LogP contribution >= 0.6 is 0 Å². The molecule has 9 heteroatoms. The van der Waals surface area contributed by atoms with E-state index < -0.39 is 21.0 Å². The van der Waals surface area contributed by atoms with Gasteiger partial charge in [-0.2, -0.15) is 5.10 Å². The van der Waals surface area contributed by atoms with Crippen molar-refractivity contribution in [2.75, 3.05) is 5.32 Å². The molecule has 2 aromatic heterocycles. The van der Waals surface area contributed by atoms with Crippen molar-refractivity contribution in [2.24, 2.45) is 5.14 Å². The Labute approximate surface area is 102 Å². The highest BCUT2D eigenvalue weighted by molar-refractivity contribution is 7.89. The standard InChI is InChI=1S/C9H10N4O4S/c1-5-6(4-11-13-5)12-9(14)7-2-3-8(17-7)18(10,15)16/h2-4H,1H3,(H,11,13)(H,12,14)(H2,10,15,16). The van der Waals surface area contributed by atoms with E-state index in [0.717, 1.165) is 6.07 Å². The van der Waals surface area contributed by atoms with Crippen molar-refractivity contribution >= 4 is 21.6 Å². The van der Waals surface area contributed by atoms with Crippen LogP contribution in [0.25, 0.3) is 0 Å². The van der Waals surface area contributed by atoms with Crippen LogP contribution < -0.4 is 10.5 Å². The molecule has 0 spiro atoms. The average Bonchev–Trinajstić information content (AvgIpc) is 2.87. The molecule has 0 radical (unpaired) electrons. The summed E-state index contributed by atoms with van der Waals surface area (Å²) in [5.41, 5.74) is 1.15.